The van der Waals surface area contributed by atoms with Gasteiger partial charge in [0.05, 0.1) is 11.7 Å². The minimum Gasteiger partial charge on any atom is -0.481 e. The molecule has 0 amide bonds. The second-order valence-corrected chi connectivity index (χ2v) is 11.0. The van der Waals surface area contributed by atoms with Gasteiger partial charge in [-0.2, -0.15) is 0 Å². The van der Waals surface area contributed by atoms with Crippen LogP contribution in [0.2, 0.25) is 0 Å². The number of ether oxygens (including phenoxy) is 1. The summed E-state index contributed by atoms with van der Waals surface area (Å²) in [6.45, 7) is 4.54. The van der Waals surface area contributed by atoms with Crippen molar-refractivity contribution in [3.63, 3.8) is 0 Å². The number of rotatable bonds is 3. The fourth-order valence-corrected chi connectivity index (χ4v) is 8.66. The molecule has 1 unspecified atom stereocenters. The second-order valence-electron chi connectivity index (χ2n) is 11.0. The van der Waals surface area contributed by atoms with Crippen LogP contribution in [0.3, 0.4) is 0 Å². The fraction of sp³-hybridized carbons (Fsp3) is 0.826. The van der Waals surface area contributed by atoms with Crippen LogP contribution in [0.25, 0.3) is 0 Å². The molecule has 6 aliphatic rings. The molecule has 4 saturated carbocycles. The van der Waals surface area contributed by atoms with Crippen molar-refractivity contribution in [3.05, 3.63) is 11.6 Å². The third-order valence-electron chi connectivity index (χ3n) is 10.2. The van der Waals surface area contributed by atoms with Crippen molar-refractivity contribution in [2.24, 2.45) is 34.5 Å². The molecule has 5 nitrogen and oxygen atoms in total. The van der Waals surface area contributed by atoms with E-state index in [1.807, 2.05) is 6.08 Å². The highest BCUT2D eigenvalue weighted by atomic mass is 16.6. The second kappa shape index (κ2) is 4.92. The number of aliphatic carboxylic acids is 1. The summed E-state index contributed by atoms with van der Waals surface area (Å²) in [5.41, 5.74) is -0.0168. The van der Waals surface area contributed by atoms with Gasteiger partial charge < -0.3 is 14.9 Å². The molecule has 5 aliphatic carbocycles. The van der Waals surface area contributed by atoms with Crippen LogP contribution >= 0.6 is 0 Å². The van der Waals surface area contributed by atoms with Crippen LogP contribution in [0, 0.1) is 34.5 Å². The highest BCUT2D eigenvalue weighted by molar-refractivity contribution is 5.92. The lowest BCUT2D eigenvalue weighted by Crippen LogP contribution is -2.60. The van der Waals surface area contributed by atoms with Gasteiger partial charge in [0.25, 0.3) is 0 Å². The highest BCUT2D eigenvalue weighted by Gasteiger charge is 2.84. The standard InChI is InChI=1S/C23H30O5/c1-20-6-3-12(24)9-16(20)13-10-14(13)19-15-4-7-22(27,8-5-18(25)26)21(15,2)11-17-23(19,20)28-17/h9,13-15,17,19,27H,3-8,10-11H2,1-2H3,(H,25,26)/t13-,14+,15+,17-,19+,20+,21+,22-,23?/m1/s1. The van der Waals surface area contributed by atoms with Crippen molar-refractivity contribution in [3.8, 4) is 0 Å². The number of ketones is 1. The van der Waals surface area contributed by atoms with Crippen LogP contribution in [0.15, 0.2) is 11.6 Å². The third kappa shape index (κ3) is 1.78. The number of carboxylic acid groups (broad SMARTS) is 1. The van der Waals surface area contributed by atoms with E-state index in [9.17, 15) is 19.8 Å². The Morgan fingerprint density at radius 1 is 1.32 bits per heavy atom. The molecule has 1 spiro atoms. The molecule has 6 rings (SSSR count). The predicted molar refractivity (Wildman–Crippen MR) is 100 cm³/mol. The first-order chi connectivity index (χ1) is 13.2. The van der Waals surface area contributed by atoms with E-state index in [2.05, 4.69) is 13.8 Å². The van der Waals surface area contributed by atoms with Crippen LogP contribution < -0.4 is 0 Å². The van der Waals surface area contributed by atoms with Gasteiger partial charge in [-0.3, -0.25) is 9.59 Å². The molecule has 1 saturated heterocycles. The molecule has 0 bridgehead atoms. The minimum absolute atomic E-state index is 0.0267. The van der Waals surface area contributed by atoms with Gasteiger partial charge in [-0.05, 0) is 68.3 Å². The molecule has 0 aromatic carbocycles. The number of hydrogen-bond acceptors (Lipinski definition) is 4. The third-order valence-corrected chi connectivity index (χ3v) is 10.2. The highest BCUT2D eigenvalue weighted by Crippen LogP contribution is 2.82. The van der Waals surface area contributed by atoms with E-state index in [0.717, 1.165) is 25.7 Å². The lowest BCUT2D eigenvalue weighted by molar-refractivity contribution is -0.144. The molecule has 5 fully saturated rings. The quantitative estimate of drug-likeness (QED) is 0.728. The summed E-state index contributed by atoms with van der Waals surface area (Å²) in [6.07, 6.45) is 7.59. The summed E-state index contributed by atoms with van der Waals surface area (Å²) in [4.78, 5) is 23.3. The van der Waals surface area contributed by atoms with Crippen LogP contribution in [0.4, 0.5) is 0 Å². The number of aliphatic hydroxyl groups is 1. The van der Waals surface area contributed by atoms with E-state index >= 15 is 0 Å². The Bertz CT molecular complexity index is 833. The molecule has 2 N–H and O–H groups in total. The van der Waals surface area contributed by atoms with E-state index in [0.29, 0.717) is 42.9 Å². The molecule has 0 radical (unpaired) electrons. The van der Waals surface area contributed by atoms with Gasteiger partial charge in [0, 0.05) is 23.7 Å². The number of epoxide rings is 1. The van der Waals surface area contributed by atoms with Gasteiger partial charge in [-0.25, -0.2) is 0 Å². The number of carbonyl (C=O) groups is 2. The Balaban J connectivity index is 1.40. The molecular weight excluding hydrogens is 356 g/mol. The van der Waals surface area contributed by atoms with E-state index in [-0.39, 0.29) is 34.7 Å². The van der Waals surface area contributed by atoms with Gasteiger partial charge in [0.2, 0.25) is 0 Å². The molecule has 1 aliphatic heterocycles. The van der Waals surface area contributed by atoms with Crippen LogP contribution in [-0.2, 0) is 14.3 Å². The van der Waals surface area contributed by atoms with Crippen molar-refractivity contribution < 1.29 is 24.5 Å². The zero-order chi connectivity index (χ0) is 19.7. The maximum atomic E-state index is 12.1. The Morgan fingerprint density at radius 2 is 2.11 bits per heavy atom. The van der Waals surface area contributed by atoms with Gasteiger partial charge >= 0.3 is 5.97 Å². The zero-order valence-corrected chi connectivity index (χ0v) is 16.7. The van der Waals surface area contributed by atoms with Crippen LogP contribution in [-0.4, -0.2) is 39.3 Å². The summed E-state index contributed by atoms with van der Waals surface area (Å²) >= 11 is 0. The molecule has 5 heteroatoms. The molecule has 1 heterocycles. The fourth-order valence-electron chi connectivity index (χ4n) is 8.66. The van der Waals surface area contributed by atoms with Crippen LogP contribution in [0.1, 0.15) is 65.2 Å². The summed E-state index contributed by atoms with van der Waals surface area (Å²) in [5, 5.41) is 20.8. The van der Waals surface area contributed by atoms with Crippen molar-refractivity contribution >= 4 is 11.8 Å². The monoisotopic (exact) mass is 386 g/mol. The van der Waals surface area contributed by atoms with Gasteiger partial charge in [0.1, 0.15) is 5.60 Å². The van der Waals surface area contributed by atoms with E-state index < -0.39 is 11.6 Å². The average molecular weight is 386 g/mol. The lowest BCUT2D eigenvalue weighted by Gasteiger charge is -2.56. The number of fused-ring (bicyclic) bond motifs is 6. The normalized spacial score (nSPS) is 57.9. The average Bonchev–Trinajstić information content (AvgIpc) is 3.52. The summed E-state index contributed by atoms with van der Waals surface area (Å²) in [7, 11) is 0. The summed E-state index contributed by atoms with van der Waals surface area (Å²) in [5.74, 6) is 1.36. The summed E-state index contributed by atoms with van der Waals surface area (Å²) < 4.78 is 6.62. The molecule has 28 heavy (non-hydrogen) atoms. The molecule has 152 valence electrons. The molecule has 0 aromatic rings. The first-order valence-corrected chi connectivity index (χ1v) is 11.0. The SMILES string of the molecule is C[C@]12CCC(=O)C=C1[C@@H]1C[C@@H]1[C@H]1[C@@H]3CC[C@@](O)(CCC(=O)O)[C@@]3(C)C[C@H]3OC132. The number of carbonyl (C=O) groups excluding carboxylic acids is 1. The lowest BCUT2D eigenvalue weighted by atomic mass is 9.46. The van der Waals surface area contributed by atoms with Gasteiger partial charge in [-0.1, -0.05) is 19.4 Å². The number of hydrogen-bond donors (Lipinski definition) is 2. The topological polar surface area (TPSA) is 87.1 Å². The minimum atomic E-state index is -0.905. The first-order valence-electron chi connectivity index (χ1n) is 11.0. The van der Waals surface area contributed by atoms with Crippen molar-refractivity contribution in [2.45, 2.75) is 82.5 Å². The van der Waals surface area contributed by atoms with Gasteiger partial charge in [0.15, 0.2) is 5.78 Å². The van der Waals surface area contributed by atoms with Gasteiger partial charge in [-0.15, -0.1) is 0 Å². The van der Waals surface area contributed by atoms with Crippen molar-refractivity contribution in [1.29, 1.82) is 0 Å². The Morgan fingerprint density at radius 3 is 2.86 bits per heavy atom. The maximum absolute atomic E-state index is 12.1. The number of carboxylic acids is 1. The van der Waals surface area contributed by atoms with E-state index in [4.69, 9.17) is 4.74 Å². The maximum Gasteiger partial charge on any atom is 0.303 e. The zero-order valence-electron chi connectivity index (χ0n) is 16.7. The first kappa shape index (κ1) is 17.6. The Labute approximate surface area is 165 Å². The molecule has 0 aromatic heterocycles. The smallest absolute Gasteiger partial charge is 0.303 e. The Hall–Kier alpha value is -1.20. The Kier molecular flexibility index (Phi) is 3.10. The molecule has 9 atom stereocenters. The predicted octanol–water partition coefficient (Wildman–Crippen LogP) is 3.10. The summed E-state index contributed by atoms with van der Waals surface area (Å²) in [6, 6.07) is 0. The van der Waals surface area contributed by atoms with Crippen molar-refractivity contribution in [1.82, 2.24) is 0 Å². The largest absolute Gasteiger partial charge is 0.481 e. The van der Waals surface area contributed by atoms with Crippen molar-refractivity contribution in [2.75, 3.05) is 0 Å². The van der Waals surface area contributed by atoms with E-state index in [1.54, 1.807) is 0 Å². The molecular formula is C23H30O5. The van der Waals surface area contributed by atoms with E-state index in [1.165, 1.54) is 5.57 Å². The van der Waals surface area contributed by atoms with Crippen LogP contribution in [0.5, 0.6) is 0 Å².